The van der Waals surface area contributed by atoms with Gasteiger partial charge in [0.05, 0.1) is 12.1 Å². The number of phenols is 1. The molecule has 1 aromatic heterocycles. The molecule has 3 rings (SSSR count). The molecule has 0 unspecified atom stereocenters. The van der Waals surface area contributed by atoms with Crippen LogP contribution in [0, 0.1) is 11.3 Å². The van der Waals surface area contributed by atoms with E-state index in [4.69, 9.17) is 16.3 Å². The third kappa shape index (κ3) is 4.11. The number of nitrogens with zero attached hydrogens (tertiary/aromatic N) is 1. The lowest BCUT2D eigenvalue weighted by Gasteiger charge is -2.07. The number of amides is 1. The first-order valence-electron chi connectivity index (χ1n) is 8.55. The van der Waals surface area contributed by atoms with Crippen LogP contribution in [0.2, 0.25) is 5.02 Å². The summed E-state index contributed by atoms with van der Waals surface area (Å²) >= 11 is 5.95. The standard InChI is InChI=1S/C21H18ClN3O3/c1-28-19-10-13(9-17(22)20(19)26)8-15(11-23)21(27)24-7-6-14-12-25-18-5-3-2-4-16(14)18/h2-5,8-10,12,25-26H,6-7H2,1H3,(H,24,27)/b15-8-. The number of aromatic amines is 1. The fraction of sp³-hybridized carbons (Fsp3) is 0.143. The summed E-state index contributed by atoms with van der Waals surface area (Å²) < 4.78 is 5.03. The van der Waals surface area contributed by atoms with Crippen molar-refractivity contribution in [3.05, 3.63) is 64.3 Å². The zero-order valence-electron chi connectivity index (χ0n) is 15.1. The van der Waals surface area contributed by atoms with Crippen LogP contribution in [0.5, 0.6) is 11.5 Å². The Labute approximate surface area is 167 Å². The summed E-state index contributed by atoms with van der Waals surface area (Å²) in [6.07, 6.45) is 3.95. The number of benzene rings is 2. The van der Waals surface area contributed by atoms with E-state index in [1.165, 1.54) is 25.3 Å². The van der Waals surface area contributed by atoms with Crippen molar-refractivity contribution in [2.45, 2.75) is 6.42 Å². The van der Waals surface area contributed by atoms with E-state index < -0.39 is 5.91 Å². The summed E-state index contributed by atoms with van der Waals surface area (Å²) in [6.45, 7) is 0.388. The van der Waals surface area contributed by atoms with Crippen molar-refractivity contribution in [2.24, 2.45) is 0 Å². The van der Waals surface area contributed by atoms with Gasteiger partial charge in [-0.3, -0.25) is 4.79 Å². The van der Waals surface area contributed by atoms with E-state index in [0.717, 1.165) is 16.5 Å². The van der Waals surface area contributed by atoms with E-state index in [9.17, 15) is 15.2 Å². The molecule has 3 N–H and O–H groups in total. The number of rotatable bonds is 6. The van der Waals surface area contributed by atoms with Crippen molar-refractivity contribution in [1.29, 1.82) is 5.26 Å². The molecule has 0 saturated carbocycles. The lowest BCUT2D eigenvalue weighted by atomic mass is 10.1. The quantitative estimate of drug-likeness (QED) is 0.436. The van der Waals surface area contributed by atoms with E-state index in [2.05, 4.69) is 10.3 Å². The number of hydrogen-bond donors (Lipinski definition) is 3. The SMILES string of the molecule is COc1cc(/C=C(/C#N)C(=O)NCCc2c[nH]c3ccccc23)cc(Cl)c1O. The number of carbonyl (C=O) groups excluding carboxylic acids is 1. The maximum Gasteiger partial charge on any atom is 0.261 e. The fourth-order valence-electron chi connectivity index (χ4n) is 2.89. The molecule has 0 aliphatic rings. The predicted molar refractivity (Wildman–Crippen MR) is 108 cm³/mol. The molecule has 142 valence electrons. The maximum absolute atomic E-state index is 12.4. The summed E-state index contributed by atoms with van der Waals surface area (Å²) in [5.74, 6) is -0.510. The number of nitrogens with one attached hydrogen (secondary N) is 2. The minimum Gasteiger partial charge on any atom is -0.503 e. The molecule has 2 aromatic carbocycles. The van der Waals surface area contributed by atoms with Gasteiger partial charge in [0.25, 0.3) is 5.91 Å². The Bertz CT molecular complexity index is 1100. The van der Waals surface area contributed by atoms with E-state index in [0.29, 0.717) is 18.5 Å². The minimum atomic E-state index is -0.481. The molecule has 28 heavy (non-hydrogen) atoms. The molecule has 7 heteroatoms. The molecule has 0 atom stereocenters. The number of ether oxygens (including phenoxy) is 1. The molecule has 0 fully saturated rings. The summed E-state index contributed by atoms with van der Waals surface area (Å²) in [6, 6.07) is 12.8. The second-order valence-corrected chi connectivity index (χ2v) is 6.50. The van der Waals surface area contributed by atoms with Crippen molar-refractivity contribution in [2.75, 3.05) is 13.7 Å². The molecule has 0 bridgehead atoms. The van der Waals surface area contributed by atoms with Gasteiger partial charge in [-0.05, 0) is 41.8 Å². The number of hydrogen-bond acceptors (Lipinski definition) is 4. The molecule has 0 aliphatic heterocycles. The van der Waals surface area contributed by atoms with Gasteiger partial charge in [-0.1, -0.05) is 29.8 Å². The Balaban J connectivity index is 1.69. The summed E-state index contributed by atoms with van der Waals surface area (Å²) in [5, 5.41) is 23.1. The molecular formula is C21H18ClN3O3. The second-order valence-electron chi connectivity index (χ2n) is 6.09. The lowest BCUT2D eigenvalue weighted by molar-refractivity contribution is -0.117. The Morgan fingerprint density at radius 1 is 1.39 bits per heavy atom. The van der Waals surface area contributed by atoms with E-state index in [1.54, 1.807) is 0 Å². The number of nitriles is 1. The first-order valence-corrected chi connectivity index (χ1v) is 8.92. The van der Waals surface area contributed by atoms with Crippen LogP contribution in [-0.4, -0.2) is 29.7 Å². The lowest BCUT2D eigenvalue weighted by Crippen LogP contribution is -2.26. The first-order chi connectivity index (χ1) is 13.5. The third-order valence-electron chi connectivity index (χ3n) is 4.30. The largest absolute Gasteiger partial charge is 0.503 e. The van der Waals surface area contributed by atoms with Gasteiger partial charge in [-0.2, -0.15) is 5.26 Å². The molecule has 0 saturated heterocycles. The highest BCUT2D eigenvalue weighted by atomic mass is 35.5. The third-order valence-corrected chi connectivity index (χ3v) is 4.59. The number of aromatic nitrogens is 1. The van der Waals surface area contributed by atoms with Crippen LogP contribution >= 0.6 is 11.6 Å². The predicted octanol–water partition coefficient (Wildman–Crippen LogP) is 3.80. The molecule has 3 aromatic rings. The average molecular weight is 396 g/mol. The van der Waals surface area contributed by atoms with E-state index in [1.807, 2.05) is 36.5 Å². The van der Waals surface area contributed by atoms with Crippen LogP contribution in [0.3, 0.4) is 0 Å². The molecule has 0 radical (unpaired) electrons. The van der Waals surface area contributed by atoms with Crippen LogP contribution < -0.4 is 10.1 Å². The molecule has 1 amide bonds. The van der Waals surface area contributed by atoms with Crippen LogP contribution in [0.15, 0.2) is 48.2 Å². The summed E-state index contributed by atoms with van der Waals surface area (Å²) in [7, 11) is 1.39. The number of halogens is 1. The summed E-state index contributed by atoms with van der Waals surface area (Å²) in [5.41, 5.74) is 2.54. The van der Waals surface area contributed by atoms with Crippen LogP contribution in [-0.2, 0) is 11.2 Å². The van der Waals surface area contributed by atoms with Crippen molar-refractivity contribution >= 4 is 34.5 Å². The number of carbonyl (C=O) groups is 1. The fourth-order valence-corrected chi connectivity index (χ4v) is 3.11. The van der Waals surface area contributed by atoms with E-state index in [-0.39, 0.29) is 22.1 Å². The van der Waals surface area contributed by atoms with Gasteiger partial charge in [0.2, 0.25) is 0 Å². The van der Waals surface area contributed by atoms with Gasteiger partial charge in [0, 0.05) is 23.6 Å². The Morgan fingerprint density at radius 2 is 2.18 bits per heavy atom. The molecule has 6 nitrogen and oxygen atoms in total. The first kappa shape index (κ1) is 19.3. The smallest absolute Gasteiger partial charge is 0.261 e. The average Bonchev–Trinajstić information content (AvgIpc) is 3.11. The molecule has 0 spiro atoms. The van der Waals surface area contributed by atoms with Crippen LogP contribution in [0.4, 0.5) is 0 Å². The number of fused-ring (bicyclic) bond motifs is 1. The van der Waals surface area contributed by atoms with Gasteiger partial charge in [0.1, 0.15) is 11.6 Å². The minimum absolute atomic E-state index is 0.0669. The van der Waals surface area contributed by atoms with Crippen LogP contribution in [0.1, 0.15) is 11.1 Å². The van der Waals surface area contributed by atoms with E-state index >= 15 is 0 Å². The number of para-hydroxylation sites is 1. The zero-order chi connectivity index (χ0) is 20.1. The van der Waals surface area contributed by atoms with Gasteiger partial charge in [-0.15, -0.1) is 0 Å². The molecule has 0 aliphatic carbocycles. The monoisotopic (exact) mass is 395 g/mol. The Hall–Kier alpha value is -3.43. The molecular weight excluding hydrogens is 378 g/mol. The van der Waals surface area contributed by atoms with Crippen molar-refractivity contribution in [3.8, 4) is 17.6 Å². The van der Waals surface area contributed by atoms with Gasteiger partial charge in [-0.25, -0.2) is 0 Å². The van der Waals surface area contributed by atoms with Gasteiger partial charge >= 0.3 is 0 Å². The number of methoxy groups -OCH3 is 1. The van der Waals surface area contributed by atoms with Crippen molar-refractivity contribution in [1.82, 2.24) is 10.3 Å². The highest BCUT2D eigenvalue weighted by Gasteiger charge is 2.12. The number of aromatic hydroxyl groups is 1. The molecule has 1 heterocycles. The normalized spacial score (nSPS) is 11.2. The van der Waals surface area contributed by atoms with Crippen LogP contribution in [0.25, 0.3) is 17.0 Å². The van der Waals surface area contributed by atoms with Gasteiger partial charge < -0.3 is 20.1 Å². The van der Waals surface area contributed by atoms with Crippen molar-refractivity contribution < 1.29 is 14.6 Å². The maximum atomic E-state index is 12.4. The highest BCUT2D eigenvalue weighted by molar-refractivity contribution is 6.32. The zero-order valence-corrected chi connectivity index (χ0v) is 15.9. The van der Waals surface area contributed by atoms with Gasteiger partial charge in [0.15, 0.2) is 11.5 Å². The Morgan fingerprint density at radius 3 is 2.93 bits per heavy atom. The number of phenolic OH excluding ortho intramolecular Hbond substituents is 1. The Kier molecular flexibility index (Phi) is 5.87. The number of H-pyrrole nitrogens is 1. The second kappa shape index (κ2) is 8.51. The topological polar surface area (TPSA) is 98.1 Å². The highest BCUT2D eigenvalue weighted by Crippen LogP contribution is 2.35. The summed E-state index contributed by atoms with van der Waals surface area (Å²) in [4.78, 5) is 15.5. The van der Waals surface area contributed by atoms with Crippen molar-refractivity contribution in [3.63, 3.8) is 0 Å².